The molecule has 0 fully saturated rings. The molecule has 0 aromatic heterocycles. The number of hydrogen-bond donors (Lipinski definition) is 1. The van der Waals surface area contributed by atoms with E-state index in [0.29, 0.717) is 11.3 Å². The van der Waals surface area contributed by atoms with Crippen molar-refractivity contribution in [3.63, 3.8) is 0 Å². The van der Waals surface area contributed by atoms with Crippen LogP contribution in [-0.4, -0.2) is 54.0 Å². The smallest absolute Gasteiger partial charge is 0.278 e. The molecular weight excluding hydrogens is 363 g/mol. The number of amides is 2. The normalized spacial score (nSPS) is 14.1. The summed E-state index contributed by atoms with van der Waals surface area (Å²) in [6, 6.07) is 12.8. The average molecular weight is 384 g/mol. The Labute approximate surface area is 162 Å². The first kappa shape index (κ1) is 19.6. The third-order valence-corrected chi connectivity index (χ3v) is 4.63. The topological polar surface area (TPSA) is 70.1 Å². The van der Waals surface area contributed by atoms with Gasteiger partial charge in [-0.2, -0.15) is 0 Å². The number of hydrogen-bond acceptors (Lipinski definition) is 5. The van der Waals surface area contributed by atoms with Crippen LogP contribution in [0.15, 0.2) is 54.2 Å². The highest BCUT2D eigenvalue weighted by Gasteiger charge is 2.40. The molecule has 0 bridgehead atoms. The largest absolute Gasteiger partial charge is 0.497 e. The summed E-state index contributed by atoms with van der Waals surface area (Å²) in [5, 5.41) is 9.27. The molecule has 0 saturated carbocycles. The molecule has 146 valence electrons. The summed E-state index contributed by atoms with van der Waals surface area (Å²) < 4.78 is 19.2. The molecule has 0 atom stereocenters. The van der Waals surface area contributed by atoms with Crippen molar-refractivity contribution in [1.29, 1.82) is 0 Å². The lowest BCUT2D eigenvalue weighted by atomic mass is 10.0. The Hall–Kier alpha value is -3.19. The van der Waals surface area contributed by atoms with Gasteiger partial charge in [0.15, 0.2) is 0 Å². The van der Waals surface area contributed by atoms with E-state index in [9.17, 15) is 19.1 Å². The van der Waals surface area contributed by atoms with Gasteiger partial charge in [-0.1, -0.05) is 30.3 Å². The maximum absolute atomic E-state index is 14.1. The molecule has 0 saturated heterocycles. The summed E-state index contributed by atoms with van der Waals surface area (Å²) in [6.45, 7) is -0.160. The number of ether oxygens (including phenoxy) is 1. The molecule has 0 unspecified atom stereocenters. The Bertz CT molecular complexity index is 924. The van der Waals surface area contributed by atoms with E-state index in [0.717, 1.165) is 4.90 Å². The summed E-state index contributed by atoms with van der Waals surface area (Å²) in [6.07, 6.45) is 0. The van der Waals surface area contributed by atoms with Crippen LogP contribution in [0.5, 0.6) is 5.75 Å². The Morgan fingerprint density at radius 3 is 2.36 bits per heavy atom. The average Bonchev–Trinajstić information content (AvgIpc) is 2.94. The zero-order chi connectivity index (χ0) is 20.3. The van der Waals surface area contributed by atoms with Crippen LogP contribution in [-0.2, 0) is 16.1 Å². The van der Waals surface area contributed by atoms with Gasteiger partial charge in [0, 0.05) is 19.2 Å². The number of aliphatic hydroxyl groups is 1. The summed E-state index contributed by atoms with van der Waals surface area (Å²) in [7, 11) is 3.17. The number of carbonyl (C=O) groups is 2. The molecule has 2 aromatic rings. The minimum atomic E-state index is -0.518. The maximum Gasteiger partial charge on any atom is 0.278 e. The van der Waals surface area contributed by atoms with Crippen molar-refractivity contribution in [2.75, 3.05) is 27.3 Å². The number of imide groups is 1. The Morgan fingerprint density at radius 2 is 1.75 bits per heavy atom. The number of nitrogens with zero attached hydrogens (tertiary/aromatic N) is 2. The van der Waals surface area contributed by atoms with Gasteiger partial charge < -0.3 is 14.7 Å². The number of halogens is 1. The Morgan fingerprint density at radius 1 is 1.07 bits per heavy atom. The number of methoxy groups -OCH3 is 1. The predicted octanol–water partition coefficient (Wildman–Crippen LogP) is 2.04. The van der Waals surface area contributed by atoms with Gasteiger partial charge in [0.05, 0.1) is 25.8 Å². The molecule has 3 rings (SSSR count). The molecule has 2 amide bonds. The zero-order valence-corrected chi connectivity index (χ0v) is 15.7. The van der Waals surface area contributed by atoms with Gasteiger partial charge in [-0.3, -0.25) is 14.5 Å². The second-order valence-corrected chi connectivity index (χ2v) is 6.39. The first-order valence-corrected chi connectivity index (χ1v) is 8.78. The maximum atomic E-state index is 14.1. The number of likely N-dealkylation sites (N-methyl/N-ethyl adjacent to an activating group) is 1. The van der Waals surface area contributed by atoms with E-state index in [4.69, 9.17) is 4.74 Å². The molecule has 1 N–H and O–H groups in total. The second-order valence-electron chi connectivity index (χ2n) is 6.39. The van der Waals surface area contributed by atoms with Crippen molar-refractivity contribution in [3.05, 3.63) is 71.2 Å². The molecule has 0 spiro atoms. The third kappa shape index (κ3) is 3.61. The fourth-order valence-electron chi connectivity index (χ4n) is 3.14. The summed E-state index contributed by atoms with van der Waals surface area (Å²) in [5.74, 6) is -0.880. The van der Waals surface area contributed by atoms with Crippen LogP contribution in [0, 0.1) is 5.82 Å². The standard InChI is InChI=1S/C21H21FN2O4/c1-23(11-12-25)19-18(14-7-9-16(28-2)10-8-14)20(26)24(21(19)27)13-15-5-3-4-6-17(15)22/h3-10,25H,11-13H2,1-2H3. The van der Waals surface area contributed by atoms with Crippen molar-refractivity contribution >= 4 is 17.4 Å². The minimum absolute atomic E-state index is 0.166. The van der Waals surface area contributed by atoms with Crippen molar-refractivity contribution in [3.8, 4) is 5.75 Å². The van der Waals surface area contributed by atoms with E-state index in [1.165, 1.54) is 13.2 Å². The van der Waals surface area contributed by atoms with Gasteiger partial charge in [-0.25, -0.2) is 4.39 Å². The van der Waals surface area contributed by atoms with Gasteiger partial charge in [-0.15, -0.1) is 0 Å². The summed E-state index contributed by atoms with van der Waals surface area (Å²) in [4.78, 5) is 28.7. The fraction of sp³-hybridized carbons (Fsp3) is 0.238. The van der Waals surface area contributed by atoms with Gasteiger partial charge in [0.25, 0.3) is 11.8 Å². The van der Waals surface area contributed by atoms with Crippen LogP contribution in [0.1, 0.15) is 11.1 Å². The second kappa shape index (κ2) is 8.22. The van der Waals surface area contributed by atoms with Crippen LogP contribution in [0.4, 0.5) is 4.39 Å². The lowest BCUT2D eigenvalue weighted by Crippen LogP contribution is -2.34. The van der Waals surface area contributed by atoms with Crippen LogP contribution in [0.2, 0.25) is 0 Å². The van der Waals surface area contributed by atoms with E-state index < -0.39 is 17.6 Å². The zero-order valence-electron chi connectivity index (χ0n) is 15.7. The van der Waals surface area contributed by atoms with Gasteiger partial charge in [-0.05, 0) is 23.8 Å². The minimum Gasteiger partial charge on any atom is -0.497 e. The first-order valence-electron chi connectivity index (χ1n) is 8.78. The highest BCUT2D eigenvalue weighted by Crippen LogP contribution is 2.33. The SMILES string of the molecule is COc1ccc(C2=C(N(C)CCO)C(=O)N(Cc3ccccc3F)C2=O)cc1. The quantitative estimate of drug-likeness (QED) is 0.740. The first-order chi connectivity index (χ1) is 13.5. The number of rotatable bonds is 7. The number of carbonyl (C=O) groups excluding carboxylic acids is 2. The highest BCUT2D eigenvalue weighted by atomic mass is 19.1. The van der Waals surface area contributed by atoms with Crippen LogP contribution in [0.3, 0.4) is 0 Å². The molecule has 1 aliphatic heterocycles. The molecule has 0 radical (unpaired) electrons. The van der Waals surface area contributed by atoms with E-state index in [2.05, 4.69) is 0 Å². The number of benzene rings is 2. The highest BCUT2D eigenvalue weighted by molar-refractivity contribution is 6.35. The summed E-state index contributed by atoms with van der Waals surface area (Å²) in [5.41, 5.74) is 1.21. The van der Waals surface area contributed by atoms with Crippen molar-refractivity contribution in [2.24, 2.45) is 0 Å². The van der Waals surface area contributed by atoms with Crippen LogP contribution in [0.25, 0.3) is 5.57 Å². The van der Waals surface area contributed by atoms with Crippen molar-refractivity contribution in [2.45, 2.75) is 6.54 Å². The monoisotopic (exact) mass is 384 g/mol. The third-order valence-electron chi connectivity index (χ3n) is 4.63. The molecule has 28 heavy (non-hydrogen) atoms. The van der Waals surface area contributed by atoms with Crippen molar-refractivity contribution in [1.82, 2.24) is 9.80 Å². The molecule has 1 aliphatic rings. The van der Waals surface area contributed by atoms with Crippen LogP contribution >= 0.6 is 0 Å². The van der Waals surface area contributed by atoms with Gasteiger partial charge in [0.2, 0.25) is 0 Å². The van der Waals surface area contributed by atoms with E-state index >= 15 is 0 Å². The fourth-order valence-corrected chi connectivity index (χ4v) is 3.14. The molecule has 0 aliphatic carbocycles. The molecular formula is C21H21FN2O4. The predicted molar refractivity (Wildman–Crippen MR) is 102 cm³/mol. The molecule has 1 heterocycles. The van der Waals surface area contributed by atoms with E-state index in [1.54, 1.807) is 54.4 Å². The molecule has 6 nitrogen and oxygen atoms in total. The molecule has 2 aromatic carbocycles. The van der Waals surface area contributed by atoms with Gasteiger partial charge in [0.1, 0.15) is 17.3 Å². The lowest BCUT2D eigenvalue weighted by Gasteiger charge is -2.20. The Balaban J connectivity index is 2.02. The Kier molecular flexibility index (Phi) is 5.75. The lowest BCUT2D eigenvalue weighted by molar-refractivity contribution is -0.138. The van der Waals surface area contributed by atoms with E-state index in [-0.39, 0.29) is 36.5 Å². The summed E-state index contributed by atoms with van der Waals surface area (Å²) >= 11 is 0. The van der Waals surface area contributed by atoms with E-state index in [1.807, 2.05) is 0 Å². The van der Waals surface area contributed by atoms with Crippen molar-refractivity contribution < 1.29 is 23.8 Å². The number of aliphatic hydroxyl groups excluding tert-OH is 1. The van der Waals surface area contributed by atoms with Gasteiger partial charge >= 0.3 is 0 Å². The van der Waals surface area contributed by atoms with Crippen LogP contribution < -0.4 is 4.74 Å². The molecule has 7 heteroatoms.